The molecule has 0 aliphatic heterocycles. The zero-order valence-electron chi connectivity index (χ0n) is 11.9. The van der Waals surface area contributed by atoms with Crippen molar-refractivity contribution in [2.45, 2.75) is 45.3 Å². The molecule has 0 spiro atoms. The van der Waals surface area contributed by atoms with Crippen LogP contribution in [0.15, 0.2) is 35.7 Å². The third-order valence-electron chi connectivity index (χ3n) is 3.88. The maximum absolute atomic E-state index is 5.97. The van der Waals surface area contributed by atoms with Gasteiger partial charge in [-0.2, -0.15) is 0 Å². The van der Waals surface area contributed by atoms with E-state index in [2.05, 4.69) is 48.0 Å². The van der Waals surface area contributed by atoms with Crippen molar-refractivity contribution in [3.8, 4) is 5.75 Å². The van der Waals surface area contributed by atoms with E-state index in [4.69, 9.17) is 4.74 Å². The first-order valence-corrected chi connectivity index (χ1v) is 8.23. The number of hydrogen-bond acceptors (Lipinski definition) is 3. The molecule has 1 heterocycles. The molecule has 0 atom stereocenters. The molecule has 1 aliphatic carbocycles. The van der Waals surface area contributed by atoms with Crippen LogP contribution in [0.2, 0.25) is 0 Å². The lowest BCUT2D eigenvalue weighted by Crippen LogP contribution is -2.10. The summed E-state index contributed by atoms with van der Waals surface area (Å²) < 4.78 is 5.97. The smallest absolute Gasteiger partial charge is 0.119 e. The summed E-state index contributed by atoms with van der Waals surface area (Å²) in [4.78, 5) is 1.40. The summed E-state index contributed by atoms with van der Waals surface area (Å²) >= 11 is 1.81. The quantitative estimate of drug-likeness (QED) is 0.836. The number of anilines is 1. The SMILES string of the molecule is Cc1ccsc1CNc1ccc(OC2CCCC2)cc1. The molecule has 0 bridgehead atoms. The Morgan fingerprint density at radius 2 is 1.90 bits per heavy atom. The van der Waals surface area contributed by atoms with Crippen LogP contribution >= 0.6 is 11.3 Å². The van der Waals surface area contributed by atoms with Gasteiger partial charge in [-0.25, -0.2) is 0 Å². The summed E-state index contributed by atoms with van der Waals surface area (Å²) in [7, 11) is 0. The van der Waals surface area contributed by atoms with Crippen LogP contribution in [0.25, 0.3) is 0 Å². The molecule has 0 radical (unpaired) electrons. The second kappa shape index (κ2) is 6.31. The van der Waals surface area contributed by atoms with Crippen LogP contribution in [-0.2, 0) is 6.54 Å². The minimum Gasteiger partial charge on any atom is -0.490 e. The van der Waals surface area contributed by atoms with E-state index in [1.165, 1.54) is 36.1 Å². The van der Waals surface area contributed by atoms with Crippen molar-refractivity contribution >= 4 is 17.0 Å². The van der Waals surface area contributed by atoms with Gasteiger partial charge in [0.1, 0.15) is 5.75 Å². The fourth-order valence-electron chi connectivity index (χ4n) is 2.62. The Balaban J connectivity index is 1.54. The standard InChI is InChI=1S/C17H21NOS/c1-13-10-11-20-17(13)12-18-14-6-8-16(9-7-14)19-15-4-2-3-5-15/h6-11,15,18H,2-5,12H2,1H3. The number of thiophene rings is 1. The monoisotopic (exact) mass is 287 g/mol. The number of aryl methyl sites for hydroxylation is 1. The molecule has 3 heteroatoms. The molecule has 0 amide bonds. The van der Waals surface area contributed by atoms with E-state index in [1.54, 1.807) is 11.3 Å². The Bertz CT molecular complexity index is 540. The minimum atomic E-state index is 0.433. The van der Waals surface area contributed by atoms with Crippen LogP contribution in [0, 0.1) is 6.92 Å². The predicted molar refractivity (Wildman–Crippen MR) is 85.7 cm³/mol. The maximum Gasteiger partial charge on any atom is 0.119 e. The van der Waals surface area contributed by atoms with E-state index in [0.29, 0.717) is 6.10 Å². The van der Waals surface area contributed by atoms with Gasteiger partial charge in [0.25, 0.3) is 0 Å². The second-order valence-corrected chi connectivity index (χ2v) is 6.43. The van der Waals surface area contributed by atoms with Crippen molar-refractivity contribution in [1.29, 1.82) is 0 Å². The van der Waals surface area contributed by atoms with E-state index in [-0.39, 0.29) is 0 Å². The largest absolute Gasteiger partial charge is 0.490 e. The molecule has 106 valence electrons. The molecule has 3 rings (SSSR count). The van der Waals surface area contributed by atoms with Crippen molar-refractivity contribution in [1.82, 2.24) is 0 Å². The maximum atomic E-state index is 5.97. The lowest BCUT2D eigenvalue weighted by atomic mass is 10.2. The van der Waals surface area contributed by atoms with E-state index in [0.717, 1.165) is 18.0 Å². The van der Waals surface area contributed by atoms with Gasteiger partial charge in [0.2, 0.25) is 0 Å². The lowest BCUT2D eigenvalue weighted by Gasteiger charge is -2.13. The molecule has 0 saturated heterocycles. The molecule has 0 unspecified atom stereocenters. The summed E-state index contributed by atoms with van der Waals surface area (Å²) in [6, 6.07) is 10.5. The molecule has 1 saturated carbocycles. The molecular weight excluding hydrogens is 266 g/mol. The van der Waals surface area contributed by atoms with Gasteiger partial charge in [0.15, 0.2) is 0 Å². The number of nitrogens with one attached hydrogen (secondary N) is 1. The molecule has 1 fully saturated rings. The van der Waals surface area contributed by atoms with Gasteiger partial charge in [-0.3, -0.25) is 0 Å². The van der Waals surface area contributed by atoms with E-state index in [1.807, 2.05) is 0 Å². The number of benzene rings is 1. The summed E-state index contributed by atoms with van der Waals surface area (Å²) in [6.45, 7) is 3.05. The average molecular weight is 287 g/mol. The highest BCUT2D eigenvalue weighted by molar-refractivity contribution is 7.10. The van der Waals surface area contributed by atoms with Crippen LogP contribution in [0.5, 0.6) is 5.75 Å². The Morgan fingerprint density at radius 1 is 1.15 bits per heavy atom. The first-order valence-electron chi connectivity index (χ1n) is 7.35. The molecule has 1 aromatic carbocycles. The fourth-order valence-corrected chi connectivity index (χ4v) is 3.46. The third-order valence-corrected chi connectivity index (χ3v) is 4.90. The molecule has 1 aromatic heterocycles. The van der Waals surface area contributed by atoms with E-state index < -0.39 is 0 Å². The van der Waals surface area contributed by atoms with Crippen LogP contribution in [0.4, 0.5) is 5.69 Å². The summed E-state index contributed by atoms with van der Waals surface area (Å²) in [5.74, 6) is 0.995. The van der Waals surface area contributed by atoms with Gasteiger partial charge in [-0.1, -0.05) is 0 Å². The van der Waals surface area contributed by atoms with Crippen LogP contribution in [0.3, 0.4) is 0 Å². The predicted octanol–water partition coefficient (Wildman–Crippen LogP) is 4.99. The number of rotatable bonds is 5. The van der Waals surface area contributed by atoms with Crippen LogP contribution < -0.4 is 10.1 Å². The highest BCUT2D eigenvalue weighted by Gasteiger charge is 2.16. The molecule has 1 N–H and O–H groups in total. The summed E-state index contributed by atoms with van der Waals surface area (Å²) in [5, 5.41) is 5.61. The van der Waals surface area contributed by atoms with Gasteiger partial charge in [-0.05, 0) is 73.9 Å². The third kappa shape index (κ3) is 3.34. The fraction of sp³-hybridized carbons (Fsp3) is 0.412. The van der Waals surface area contributed by atoms with Crippen molar-refractivity contribution in [3.63, 3.8) is 0 Å². The topological polar surface area (TPSA) is 21.3 Å². The lowest BCUT2D eigenvalue weighted by molar-refractivity contribution is 0.210. The normalized spacial score (nSPS) is 15.4. The van der Waals surface area contributed by atoms with Crippen molar-refractivity contribution < 1.29 is 4.74 Å². The molecule has 2 aromatic rings. The molecule has 1 aliphatic rings. The van der Waals surface area contributed by atoms with Crippen LogP contribution in [-0.4, -0.2) is 6.10 Å². The first kappa shape index (κ1) is 13.5. The van der Waals surface area contributed by atoms with Crippen molar-refractivity contribution in [2.24, 2.45) is 0 Å². The Labute approximate surface area is 124 Å². The first-order chi connectivity index (χ1) is 9.81. The molecular formula is C17H21NOS. The number of hydrogen-bond donors (Lipinski definition) is 1. The Kier molecular flexibility index (Phi) is 4.26. The van der Waals surface area contributed by atoms with Gasteiger partial charge in [-0.15, -0.1) is 11.3 Å². The zero-order valence-corrected chi connectivity index (χ0v) is 12.7. The number of ether oxygens (including phenoxy) is 1. The van der Waals surface area contributed by atoms with E-state index >= 15 is 0 Å². The van der Waals surface area contributed by atoms with E-state index in [9.17, 15) is 0 Å². The zero-order chi connectivity index (χ0) is 13.8. The van der Waals surface area contributed by atoms with Crippen LogP contribution in [0.1, 0.15) is 36.1 Å². The highest BCUT2D eigenvalue weighted by atomic mass is 32.1. The Hall–Kier alpha value is -1.48. The van der Waals surface area contributed by atoms with Crippen molar-refractivity contribution in [3.05, 3.63) is 46.2 Å². The van der Waals surface area contributed by atoms with Gasteiger partial charge < -0.3 is 10.1 Å². The second-order valence-electron chi connectivity index (χ2n) is 5.43. The molecule has 20 heavy (non-hydrogen) atoms. The van der Waals surface area contributed by atoms with Gasteiger partial charge in [0.05, 0.1) is 6.10 Å². The Morgan fingerprint density at radius 3 is 2.55 bits per heavy atom. The summed E-state index contributed by atoms with van der Waals surface area (Å²) in [5.41, 5.74) is 2.51. The van der Waals surface area contributed by atoms with Gasteiger partial charge in [0, 0.05) is 17.1 Å². The average Bonchev–Trinajstić information content (AvgIpc) is 3.10. The highest BCUT2D eigenvalue weighted by Crippen LogP contribution is 2.25. The van der Waals surface area contributed by atoms with Gasteiger partial charge >= 0.3 is 0 Å². The van der Waals surface area contributed by atoms with Crippen molar-refractivity contribution in [2.75, 3.05) is 5.32 Å². The minimum absolute atomic E-state index is 0.433. The summed E-state index contributed by atoms with van der Waals surface area (Å²) in [6.07, 6.45) is 5.46. The molecule has 2 nitrogen and oxygen atoms in total.